The van der Waals surface area contributed by atoms with Gasteiger partial charge in [0, 0.05) is 35.2 Å². The molecule has 1 heterocycles. The monoisotopic (exact) mass is 743 g/mol. The SMILES string of the molecule is CCc1ccc(NC(=O)[C@H](CCCNC(N)=O)CC(=O)[C@@H](NC(=O)OCCOCCn2nc(CBr)c(CBr)n2)C(C)C)cc1. The maximum absolute atomic E-state index is 13.3. The lowest BCUT2D eigenvalue weighted by molar-refractivity contribution is -0.128. The maximum Gasteiger partial charge on any atom is 0.407 e. The van der Waals surface area contributed by atoms with Gasteiger partial charge in [0.2, 0.25) is 5.91 Å². The van der Waals surface area contributed by atoms with E-state index in [2.05, 4.69) is 58.0 Å². The van der Waals surface area contributed by atoms with E-state index in [4.69, 9.17) is 15.2 Å². The number of rotatable bonds is 20. The molecule has 0 unspecified atom stereocenters. The molecule has 0 bridgehead atoms. The second-order valence-corrected chi connectivity index (χ2v) is 11.5. The number of nitrogens with zero attached hydrogens (tertiary/aromatic N) is 3. The normalized spacial score (nSPS) is 12.4. The number of hydrogen-bond acceptors (Lipinski definition) is 8. The summed E-state index contributed by atoms with van der Waals surface area (Å²) >= 11 is 6.77. The van der Waals surface area contributed by atoms with E-state index in [-0.39, 0.29) is 43.8 Å². The van der Waals surface area contributed by atoms with E-state index >= 15 is 0 Å². The van der Waals surface area contributed by atoms with Crippen molar-refractivity contribution in [1.29, 1.82) is 0 Å². The number of Topliss-reactive ketones (excluding diaryl/α,β-unsaturated/α-hetero) is 1. The van der Waals surface area contributed by atoms with Crippen molar-refractivity contribution >= 4 is 61.4 Å². The molecular weight excluding hydrogens is 702 g/mol. The van der Waals surface area contributed by atoms with Crippen molar-refractivity contribution in [3.8, 4) is 0 Å². The summed E-state index contributed by atoms with van der Waals surface area (Å²) in [5.74, 6) is -1.55. The number of hydrogen-bond donors (Lipinski definition) is 4. The number of ketones is 1. The Hall–Kier alpha value is -3.04. The van der Waals surface area contributed by atoms with Crippen LogP contribution in [-0.2, 0) is 42.7 Å². The predicted octanol–water partition coefficient (Wildman–Crippen LogP) is 4.06. The van der Waals surface area contributed by atoms with Crippen molar-refractivity contribution in [3.05, 3.63) is 41.2 Å². The van der Waals surface area contributed by atoms with Crippen LogP contribution in [0.1, 0.15) is 57.0 Å². The lowest BCUT2D eigenvalue weighted by Crippen LogP contribution is -2.46. The molecule has 2 atom stereocenters. The van der Waals surface area contributed by atoms with Gasteiger partial charge < -0.3 is 31.2 Å². The van der Waals surface area contributed by atoms with E-state index in [1.807, 2.05) is 31.2 Å². The molecule has 13 nitrogen and oxygen atoms in total. The lowest BCUT2D eigenvalue weighted by Gasteiger charge is -2.24. The highest BCUT2D eigenvalue weighted by atomic mass is 79.9. The first-order valence-electron chi connectivity index (χ1n) is 14.6. The molecule has 44 heavy (non-hydrogen) atoms. The molecule has 0 aliphatic heterocycles. The minimum absolute atomic E-state index is 0.00854. The Kier molecular flexibility index (Phi) is 17.0. The second kappa shape index (κ2) is 20.1. The highest BCUT2D eigenvalue weighted by Gasteiger charge is 2.30. The van der Waals surface area contributed by atoms with Gasteiger partial charge in [-0.2, -0.15) is 15.0 Å². The summed E-state index contributed by atoms with van der Waals surface area (Å²) in [6.45, 7) is 6.85. The third-order valence-corrected chi connectivity index (χ3v) is 7.78. The largest absolute Gasteiger partial charge is 0.447 e. The van der Waals surface area contributed by atoms with Gasteiger partial charge in [0.25, 0.3) is 0 Å². The molecule has 244 valence electrons. The fraction of sp³-hybridized carbons (Fsp3) is 0.586. The van der Waals surface area contributed by atoms with E-state index in [1.54, 1.807) is 18.6 Å². The summed E-state index contributed by atoms with van der Waals surface area (Å²) in [6, 6.07) is 5.98. The number of aromatic nitrogens is 3. The minimum Gasteiger partial charge on any atom is -0.447 e. The molecule has 0 spiro atoms. The van der Waals surface area contributed by atoms with Crippen molar-refractivity contribution in [1.82, 2.24) is 25.6 Å². The molecule has 0 fully saturated rings. The number of primary amides is 1. The number of amides is 4. The third kappa shape index (κ3) is 13.3. The van der Waals surface area contributed by atoms with E-state index in [1.165, 1.54) is 0 Å². The first-order chi connectivity index (χ1) is 21.1. The number of aryl methyl sites for hydroxylation is 1. The Balaban J connectivity index is 1.87. The number of carbonyl (C=O) groups is 4. The number of carbonyl (C=O) groups excluding carboxylic acids is 4. The number of anilines is 1. The van der Waals surface area contributed by atoms with Crippen molar-refractivity contribution < 1.29 is 28.7 Å². The molecule has 1 aromatic heterocycles. The van der Waals surface area contributed by atoms with Gasteiger partial charge in [-0.05, 0) is 42.9 Å². The fourth-order valence-corrected chi connectivity index (χ4v) is 5.15. The van der Waals surface area contributed by atoms with Crippen molar-refractivity contribution in [3.63, 3.8) is 0 Å². The zero-order valence-corrected chi connectivity index (χ0v) is 28.6. The number of alkyl carbamates (subject to hydrolysis) is 1. The zero-order chi connectivity index (χ0) is 32.5. The molecule has 0 saturated carbocycles. The van der Waals surface area contributed by atoms with E-state index in [0.717, 1.165) is 23.4 Å². The average molecular weight is 746 g/mol. The molecule has 4 amide bonds. The average Bonchev–Trinajstić information content (AvgIpc) is 3.41. The molecule has 2 aromatic rings. The highest BCUT2D eigenvalue weighted by Crippen LogP contribution is 2.19. The van der Waals surface area contributed by atoms with Gasteiger partial charge in [-0.1, -0.05) is 64.8 Å². The summed E-state index contributed by atoms with van der Waals surface area (Å²) in [5.41, 5.74) is 8.60. The number of alkyl halides is 2. The Morgan fingerprint density at radius 2 is 1.66 bits per heavy atom. The molecule has 0 saturated heterocycles. The van der Waals surface area contributed by atoms with Crippen LogP contribution in [0.4, 0.5) is 15.3 Å². The maximum atomic E-state index is 13.3. The molecule has 1 aromatic carbocycles. The van der Waals surface area contributed by atoms with E-state index < -0.39 is 24.1 Å². The van der Waals surface area contributed by atoms with Crippen LogP contribution < -0.4 is 21.7 Å². The summed E-state index contributed by atoms with van der Waals surface area (Å²) < 4.78 is 10.8. The second-order valence-electron chi connectivity index (χ2n) is 10.4. The Morgan fingerprint density at radius 1 is 1.00 bits per heavy atom. The van der Waals surface area contributed by atoms with Gasteiger partial charge in [-0.25, -0.2) is 9.59 Å². The topological polar surface area (TPSA) is 180 Å². The van der Waals surface area contributed by atoms with Gasteiger partial charge in [0.1, 0.15) is 6.61 Å². The standard InChI is InChI=1S/C29H43Br2N7O6/c1-4-20-7-9-22(10-8-20)34-27(40)21(6-5-11-33-28(32)41)16-25(39)26(19(2)3)35-29(42)44-15-14-43-13-12-38-36-23(17-30)24(18-31)37-38/h7-10,19,21,26H,4-6,11-18H2,1-3H3,(H,34,40)(H,35,42)(H3,32,33,41)/t21-,26+/m1/s1. The minimum atomic E-state index is -0.857. The Bertz CT molecular complexity index is 1190. The summed E-state index contributed by atoms with van der Waals surface area (Å²) in [6.07, 6.45) is 0.798. The van der Waals surface area contributed by atoms with Gasteiger partial charge in [0.15, 0.2) is 5.78 Å². The first-order valence-corrected chi connectivity index (χ1v) is 16.8. The number of ether oxygens (including phenoxy) is 2. The summed E-state index contributed by atoms with van der Waals surface area (Å²) in [5, 5.41) is 18.0. The molecule has 0 radical (unpaired) electrons. The van der Waals surface area contributed by atoms with Crippen LogP contribution in [0, 0.1) is 11.8 Å². The van der Waals surface area contributed by atoms with Crippen LogP contribution in [-0.4, -0.2) is 71.2 Å². The summed E-state index contributed by atoms with van der Waals surface area (Å²) in [7, 11) is 0. The van der Waals surface area contributed by atoms with Crippen LogP contribution in [0.5, 0.6) is 0 Å². The number of urea groups is 1. The van der Waals surface area contributed by atoms with Crippen molar-refractivity contribution in [2.75, 3.05) is 31.7 Å². The molecule has 0 aliphatic rings. The van der Waals surface area contributed by atoms with Gasteiger partial charge in [-0.3, -0.25) is 9.59 Å². The van der Waals surface area contributed by atoms with Crippen LogP contribution in [0.3, 0.4) is 0 Å². The van der Waals surface area contributed by atoms with Crippen LogP contribution in [0.2, 0.25) is 0 Å². The number of benzene rings is 1. The molecular formula is C29H43Br2N7O6. The Morgan fingerprint density at radius 3 is 2.23 bits per heavy atom. The van der Waals surface area contributed by atoms with Crippen LogP contribution >= 0.6 is 31.9 Å². The van der Waals surface area contributed by atoms with Gasteiger partial charge in [-0.15, -0.1) is 0 Å². The highest BCUT2D eigenvalue weighted by molar-refractivity contribution is 9.09. The molecule has 15 heteroatoms. The number of nitrogens with one attached hydrogen (secondary N) is 3. The Labute approximate surface area is 275 Å². The smallest absolute Gasteiger partial charge is 0.407 e. The molecule has 2 rings (SSSR count). The summed E-state index contributed by atoms with van der Waals surface area (Å²) in [4.78, 5) is 51.7. The van der Waals surface area contributed by atoms with Crippen molar-refractivity contribution in [2.24, 2.45) is 17.6 Å². The van der Waals surface area contributed by atoms with Crippen LogP contribution in [0.15, 0.2) is 24.3 Å². The van der Waals surface area contributed by atoms with Crippen molar-refractivity contribution in [2.45, 2.75) is 69.7 Å². The van der Waals surface area contributed by atoms with Gasteiger partial charge in [0.05, 0.1) is 37.2 Å². The van der Waals surface area contributed by atoms with Crippen LogP contribution in [0.25, 0.3) is 0 Å². The number of halogens is 2. The lowest BCUT2D eigenvalue weighted by atomic mass is 9.89. The third-order valence-electron chi connectivity index (χ3n) is 6.72. The zero-order valence-electron chi connectivity index (χ0n) is 25.4. The molecule has 5 N–H and O–H groups in total. The number of nitrogens with two attached hydrogens (primary N) is 1. The van der Waals surface area contributed by atoms with Gasteiger partial charge >= 0.3 is 12.1 Å². The van der Waals surface area contributed by atoms with E-state index in [0.29, 0.717) is 42.3 Å². The molecule has 0 aliphatic carbocycles. The predicted molar refractivity (Wildman–Crippen MR) is 174 cm³/mol. The fourth-order valence-electron chi connectivity index (χ4n) is 4.28. The van der Waals surface area contributed by atoms with E-state index in [9.17, 15) is 19.2 Å². The quantitative estimate of drug-likeness (QED) is 0.116. The first kappa shape index (κ1) is 37.1.